The second-order valence-corrected chi connectivity index (χ2v) is 4.01. The van der Waals surface area contributed by atoms with E-state index in [-0.39, 0.29) is 6.10 Å². The first kappa shape index (κ1) is 9.05. The molecule has 0 spiro atoms. The fourth-order valence-corrected chi connectivity index (χ4v) is 2.16. The van der Waals surface area contributed by atoms with Gasteiger partial charge in [0.05, 0.1) is 6.10 Å². The Kier molecular flexibility index (Phi) is 3.38. The lowest BCUT2D eigenvalue weighted by Gasteiger charge is -2.29. The van der Waals surface area contributed by atoms with E-state index in [0.717, 1.165) is 12.3 Å². The standard InChI is InChI=1S/C10H20O/c1-3-10(11)9-6-4-5-8(2)7-9/h8-11H,3-7H2,1-2H3/t8?,9?,10-/m0/s1. The predicted octanol–water partition coefficient (Wildman–Crippen LogP) is 2.58. The van der Waals surface area contributed by atoms with Crippen molar-refractivity contribution in [1.29, 1.82) is 0 Å². The third-order valence-electron chi connectivity index (χ3n) is 2.94. The van der Waals surface area contributed by atoms with E-state index in [1.54, 1.807) is 0 Å². The predicted molar refractivity (Wildman–Crippen MR) is 47.4 cm³/mol. The fraction of sp³-hybridized carbons (Fsp3) is 1.00. The third-order valence-corrected chi connectivity index (χ3v) is 2.94. The zero-order valence-electron chi connectivity index (χ0n) is 7.71. The maximum atomic E-state index is 9.60. The van der Waals surface area contributed by atoms with Crippen molar-refractivity contribution in [3.8, 4) is 0 Å². The average Bonchev–Trinajstić information content (AvgIpc) is 2.03. The van der Waals surface area contributed by atoms with Crippen molar-refractivity contribution in [1.82, 2.24) is 0 Å². The molecule has 0 amide bonds. The SMILES string of the molecule is CC[C@H](O)C1CCCC(C)C1. The molecule has 0 aromatic rings. The van der Waals surface area contributed by atoms with Gasteiger partial charge >= 0.3 is 0 Å². The summed E-state index contributed by atoms with van der Waals surface area (Å²) in [6.45, 7) is 4.37. The van der Waals surface area contributed by atoms with Crippen LogP contribution in [0.4, 0.5) is 0 Å². The van der Waals surface area contributed by atoms with E-state index in [0.29, 0.717) is 5.92 Å². The molecule has 2 unspecified atom stereocenters. The number of rotatable bonds is 2. The minimum atomic E-state index is -0.0299. The maximum absolute atomic E-state index is 9.60. The summed E-state index contributed by atoms with van der Waals surface area (Å²) < 4.78 is 0. The van der Waals surface area contributed by atoms with Crippen LogP contribution in [-0.4, -0.2) is 11.2 Å². The van der Waals surface area contributed by atoms with Crippen LogP contribution in [0.5, 0.6) is 0 Å². The topological polar surface area (TPSA) is 20.2 Å². The molecule has 1 fully saturated rings. The van der Waals surface area contributed by atoms with Crippen molar-refractivity contribution in [3.05, 3.63) is 0 Å². The zero-order valence-corrected chi connectivity index (χ0v) is 7.71. The van der Waals surface area contributed by atoms with Crippen molar-refractivity contribution in [2.75, 3.05) is 0 Å². The molecule has 1 rings (SSSR count). The maximum Gasteiger partial charge on any atom is 0.0565 e. The van der Waals surface area contributed by atoms with Crippen LogP contribution in [0.1, 0.15) is 46.0 Å². The summed E-state index contributed by atoms with van der Waals surface area (Å²) in [5, 5.41) is 9.60. The van der Waals surface area contributed by atoms with E-state index < -0.39 is 0 Å². The molecule has 0 aromatic heterocycles. The van der Waals surface area contributed by atoms with Gasteiger partial charge in [-0.1, -0.05) is 26.7 Å². The quantitative estimate of drug-likeness (QED) is 0.651. The highest BCUT2D eigenvalue weighted by molar-refractivity contribution is 4.75. The number of aliphatic hydroxyl groups is 1. The van der Waals surface area contributed by atoms with Crippen LogP contribution in [0.15, 0.2) is 0 Å². The van der Waals surface area contributed by atoms with Crippen LogP contribution in [0.2, 0.25) is 0 Å². The first-order valence-corrected chi connectivity index (χ1v) is 4.92. The lowest BCUT2D eigenvalue weighted by Crippen LogP contribution is -2.25. The Bertz CT molecular complexity index is 111. The molecule has 3 atom stereocenters. The first-order chi connectivity index (χ1) is 5.24. The van der Waals surface area contributed by atoms with Crippen LogP contribution < -0.4 is 0 Å². The van der Waals surface area contributed by atoms with Crippen molar-refractivity contribution in [2.45, 2.75) is 52.1 Å². The largest absolute Gasteiger partial charge is 0.393 e. The normalized spacial score (nSPS) is 35.2. The average molecular weight is 156 g/mol. The zero-order chi connectivity index (χ0) is 8.27. The van der Waals surface area contributed by atoms with Gasteiger partial charge in [0, 0.05) is 0 Å². The van der Waals surface area contributed by atoms with Crippen molar-refractivity contribution in [3.63, 3.8) is 0 Å². The van der Waals surface area contributed by atoms with E-state index in [1.165, 1.54) is 25.7 Å². The van der Waals surface area contributed by atoms with Gasteiger partial charge in [0.25, 0.3) is 0 Å². The number of hydrogen-bond donors (Lipinski definition) is 1. The van der Waals surface area contributed by atoms with Crippen LogP contribution in [0.25, 0.3) is 0 Å². The van der Waals surface area contributed by atoms with Crippen LogP contribution >= 0.6 is 0 Å². The third kappa shape index (κ3) is 2.48. The van der Waals surface area contributed by atoms with Crippen molar-refractivity contribution in [2.24, 2.45) is 11.8 Å². The molecule has 1 N–H and O–H groups in total. The molecule has 1 aliphatic carbocycles. The van der Waals surface area contributed by atoms with E-state index in [1.807, 2.05) is 0 Å². The van der Waals surface area contributed by atoms with Gasteiger partial charge in [-0.2, -0.15) is 0 Å². The molecule has 66 valence electrons. The molecule has 1 nitrogen and oxygen atoms in total. The van der Waals surface area contributed by atoms with Gasteiger partial charge in [0.2, 0.25) is 0 Å². The summed E-state index contributed by atoms with van der Waals surface area (Å²) in [6.07, 6.45) is 6.08. The van der Waals surface area contributed by atoms with E-state index in [4.69, 9.17) is 0 Å². The minimum Gasteiger partial charge on any atom is -0.393 e. The molecule has 0 aromatic carbocycles. The highest BCUT2D eigenvalue weighted by Gasteiger charge is 2.23. The monoisotopic (exact) mass is 156 g/mol. The number of aliphatic hydroxyl groups excluding tert-OH is 1. The Morgan fingerprint density at radius 3 is 2.73 bits per heavy atom. The molecular formula is C10H20O. The van der Waals surface area contributed by atoms with Crippen molar-refractivity contribution < 1.29 is 5.11 Å². The lowest BCUT2D eigenvalue weighted by atomic mass is 9.79. The Morgan fingerprint density at radius 2 is 2.18 bits per heavy atom. The van der Waals surface area contributed by atoms with Gasteiger partial charge in [-0.25, -0.2) is 0 Å². The summed E-state index contributed by atoms with van der Waals surface area (Å²) in [5.41, 5.74) is 0. The molecule has 0 radical (unpaired) electrons. The van der Waals surface area contributed by atoms with E-state index in [9.17, 15) is 5.11 Å². The smallest absolute Gasteiger partial charge is 0.0565 e. The van der Waals surface area contributed by atoms with Gasteiger partial charge in [-0.05, 0) is 31.1 Å². The van der Waals surface area contributed by atoms with Gasteiger partial charge in [0.1, 0.15) is 0 Å². The Hall–Kier alpha value is -0.0400. The molecule has 1 saturated carbocycles. The molecule has 0 aliphatic heterocycles. The molecule has 1 aliphatic rings. The highest BCUT2D eigenvalue weighted by Crippen LogP contribution is 2.31. The molecule has 11 heavy (non-hydrogen) atoms. The second-order valence-electron chi connectivity index (χ2n) is 4.01. The van der Waals surface area contributed by atoms with Gasteiger partial charge in [0.15, 0.2) is 0 Å². The summed E-state index contributed by atoms with van der Waals surface area (Å²) in [4.78, 5) is 0. The Morgan fingerprint density at radius 1 is 1.45 bits per heavy atom. The van der Waals surface area contributed by atoms with Gasteiger partial charge in [-0.15, -0.1) is 0 Å². The fourth-order valence-electron chi connectivity index (χ4n) is 2.16. The van der Waals surface area contributed by atoms with Crippen molar-refractivity contribution >= 4 is 0 Å². The molecule has 0 saturated heterocycles. The molecular weight excluding hydrogens is 136 g/mol. The highest BCUT2D eigenvalue weighted by atomic mass is 16.3. The molecule has 1 heteroatoms. The minimum absolute atomic E-state index is 0.0299. The Balaban J connectivity index is 2.33. The molecule has 0 heterocycles. The summed E-state index contributed by atoms with van der Waals surface area (Å²) in [7, 11) is 0. The van der Waals surface area contributed by atoms with Crippen LogP contribution in [-0.2, 0) is 0 Å². The van der Waals surface area contributed by atoms with E-state index in [2.05, 4.69) is 13.8 Å². The van der Waals surface area contributed by atoms with E-state index >= 15 is 0 Å². The Labute approximate surface area is 69.8 Å². The summed E-state index contributed by atoms with van der Waals surface area (Å²) >= 11 is 0. The molecule has 0 bridgehead atoms. The summed E-state index contributed by atoms with van der Waals surface area (Å²) in [5.74, 6) is 1.44. The number of hydrogen-bond acceptors (Lipinski definition) is 1. The lowest BCUT2D eigenvalue weighted by molar-refractivity contribution is 0.0688. The van der Waals surface area contributed by atoms with Gasteiger partial charge in [-0.3, -0.25) is 0 Å². The van der Waals surface area contributed by atoms with Gasteiger partial charge < -0.3 is 5.11 Å². The van der Waals surface area contributed by atoms with Crippen LogP contribution in [0, 0.1) is 11.8 Å². The summed E-state index contributed by atoms with van der Waals surface area (Å²) in [6, 6.07) is 0. The second kappa shape index (κ2) is 4.10. The van der Waals surface area contributed by atoms with Crippen LogP contribution in [0.3, 0.4) is 0 Å². The first-order valence-electron chi connectivity index (χ1n) is 4.92.